The summed E-state index contributed by atoms with van der Waals surface area (Å²) in [6.45, 7) is 2.10. The van der Waals surface area contributed by atoms with Crippen molar-refractivity contribution in [1.82, 2.24) is 14.9 Å². The zero-order valence-electron chi connectivity index (χ0n) is 24.6. The van der Waals surface area contributed by atoms with E-state index >= 15 is 0 Å². The summed E-state index contributed by atoms with van der Waals surface area (Å²) in [6, 6.07) is 17.9. The Labute approximate surface area is 262 Å². The number of halogens is 3. The van der Waals surface area contributed by atoms with Crippen LogP contribution in [0.2, 0.25) is 0 Å². The van der Waals surface area contributed by atoms with E-state index in [2.05, 4.69) is 14.7 Å². The van der Waals surface area contributed by atoms with Crippen LogP contribution in [0.15, 0.2) is 85.2 Å². The molecular weight excluding hydrogens is 603 g/mol. The largest absolute Gasteiger partial charge is 0.573 e. The molecule has 1 aliphatic rings. The zero-order chi connectivity index (χ0) is 32.8. The van der Waals surface area contributed by atoms with Crippen molar-refractivity contribution in [3.8, 4) is 17.4 Å². The van der Waals surface area contributed by atoms with Gasteiger partial charge in [-0.2, -0.15) is 0 Å². The Balaban J connectivity index is 1.10. The molecule has 1 aliphatic heterocycles. The Hall–Kier alpha value is -5.39. The summed E-state index contributed by atoms with van der Waals surface area (Å²) >= 11 is 0. The van der Waals surface area contributed by atoms with E-state index in [0.717, 1.165) is 12.1 Å². The monoisotopic (exact) mass is 631 g/mol. The van der Waals surface area contributed by atoms with Gasteiger partial charge in [-0.3, -0.25) is 24.2 Å². The van der Waals surface area contributed by atoms with E-state index in [4.69, 9.17) is 4.74 Å². The van der Waals surface area contributed by atoms with Gasteiger partial charge in [0.2, 0.25) is 5.88 Å². The molecule has 2 aromatic heterocycles. The minimum Gasteiger partial charge on any atom is -0.439 e. The topological polar surface area (TPSA) is 116 Å². The number of hydrogen-bond donors (Lipinski definition) is 0. The standard InChI is InChI=1S/C34H28F3N3O6/c1-21(41)23-3-8-27(9-4-23)45-31-13-2-22(19-39-31)18-30(42)26-7-12-29(38-20-26)33(44)40-16-14-25(15-17-40)32(43)24-5-10-28(11-6-24)46-34(35,36)37/h2-13,19-20,25H,14-18H2,1H3. The number of hydrogen-bond acceptors (Lipinski definition) is 8. The van der Waals surface area contributed by atoms with Crippen molar-refractivity contribution in [3.05, 3.63) is 113 Å². The molecule has 3 heterocycles. The molecule has 0 saturated carbocycles. The van der Waals surface area contributed by atoms with E-state index in [1.807, 2.05) is 0 Å². The first-order chi connectivity index (χ1) is 21.9. The molecule has 4 aromatic rings. The maximum absolute atomic E-state index is 13.0. The summed E-state index contributed by atoms with van der Waals surface area (Å²) in [6.07, 6.45) is -1.07. The smallest absolute Gasteiger partial charge is 0.439 e. The first-order valence-corrected chi connectivity index (χ1v) is 14.4. The molecule has 1 saturated heterocycles. The molecule has 1 amide bonds. The number of rotatable bonds is 10. The summed E-state index contributed by atoms with van der Waals surface area (Å²) in [5.41, 5.74) is 2.01. The fourth-order valence-corrected chi connectivity index (χ4v) is 4.99. The number of carbonyl (C=O) groups is 4. The van der Waals surface area contributed by atoms with E-state index in [0.29, 0.717) is 54.3 Å². The van der Waals surface area contributed by atoms with Crippen LogP contribution in [0, 0.1) is 5.92 Å². The molecule has 0 bridgehead atoms. The van der Waals surface area contributed by atoms with Gasteiger partial charge in [0.15, 0.2) is 17.3 Å². The molecule has 0 aliphatic carbocycles. The van der Waals surface area contributed by atoms with Crippen molar-refractivity contribution >= 4 is 23.3 Å². The number of pyridine rings is 2. The van der Waals surface area contributed by atoms with E-state index < -0.39 is 12.1 Å². The molecule has 0 atom stereocenters. The van der Waals surface area contributed by atoms with E-state index in [-0.39, 0.29) is 46.9 Å². The van der Waals surface area contributed by atoms with Gasteiger partial charge in [-0.05, 0) is 86.0 Å². The van der Waals surface area contributed by atoms with Gasteiger partial charge >= 0.3 is 6.36 Å². The van der Waals surface area contributed by atoms with Crippen molar-refractivity contribution in [2.45, 2.75) is 32.5 Å². The van der Waals surface area contributed by atoms with Crippen LogP contribution < -0.4 is 9.47 Å². The number of ketones is 3. The van der Waals surface area contributed by atoms with Crippen LogP contribution in [-0.2, 0) is 6.42 Å². The minimum atomic E-state index is -4.81. The molecule has 1 fully saturated rings. The number of piperidine rings is 1. The third-order valence-corrected chi connectivity index (χ3v) is 7.48. The maximum atomic E-state index is 13.0. The van der Waals surface area contributed by atoms with Crippen molar-refractivity contribution in [3.63, 3.8) is 0 Å². The number of likely N-dealkylation sites (tertiary alicyclic amines) is 1. The van der Waals surface area contributed by atoms with Gasteiger partial charge in [0.1, 0.15) is 17.2 Å². The number of carbonyl (C=O) groups excluding carboxylic acids is 4. The molecule has 9 nitrogen and oxygen atoms in total. The second kappa shape index (κ2) is 13.7. The SMILES string of the molecule is CC(=O)c1ccc(Oc2ccc(CC(=O)c3ccc(C(=O)N4CCC(C(=O)c5ccc(OC(F)(F)F)cc5)CC4)nc3)cn2)cc1. The zero-order valence-corrected chi connectivity index (χ0v) is 24.6. The quantitative estimate of drug-likeness (QED) is 0.182. The normalized spacial score (nSPS) is 13.6. The summed E-state index contributed by atoms with van der Waals surface area (Å²) in [4.78, 5) is 60.2. The molecule has 0 spiro atoms. The highest BCUT2D eigenvalue weighted by Crippen LogP contribution is 2.27. The Morgan fingerprint density at radius 2 is 1.41 bits per heavy atom. The third-order valence-electron chi connectivity index (χ3n) is 7.48. The molecule has 2 aromatic carbocycles. The fourth-order valence-electron chi connectivity index (χ4n) is 4.99. The van der Waals surface area contributed by atoms with Crippen LogP contribution in [0.1, 0.15) is 66.9 Å². The highest BCUT2D eigenvalue weighted by atomic mass is 19.4. The fraction of sp³-hybridized carbons (Fsp3) is 0.235. The van der Waals surface area contributed by atoms with Crippen LogP contribution in [0.4, 0.5) is 13.2 Å². The first-order valence-electron chi connectivity index (χ1n) is 14.4. The lowest BCUT2D eigenvalue weighted by atomic mass is 9.88. The van der Waals surface area contributed by atoms with Gasteiger partial charge in [-0.25, -0.2) is 4.98 Å². The Bertz CT molecular complexity index is 1710. The molecule has 0 radical (unpaired) electrons. The van der Waals surface area contributed by atoms with Gasteiger partial charge in [-0.15, -0.1) is 13.2 Å². The molecule has 5 rings (SSSR count). The van der Waals surface area contributed by atoms with Crippen LogP contribution in [0.3, 0.4) is 0 Å². The van der Waals surface area contributed by atoms with Gasteiger partial charge in [-0.1, -0.05) is 6.07 Å². The van der Waals surface area contributed by atoms with E-state index in [1.54, 1.807) is 47.4 Å². The summed E-state index contributed by atoms with van der Waals surface area (Å²) < 4.78 is 46.7. The van der Waals surface area contributed by atoms with Gasteiger partial charge in [0, 0.05) is 60.6 Å². The van der Waals surface area contributed by atoms with Crippen LogP contribution in [-0.4, -0.2) is 57.6 Å². The lowest BCUT2D eigenvalue weighted by Gasteiger charge is -2.31. The van der Waals surface area contributed by atoms with Crippen molar-refractivity contribution in [1.29, 1.82) is 0 Å². The van der Waals surface area contributed by atoms with Gasteiger partial charge in [0.05, 0.1) is 0 Å². The van der Waals surface area contributed by atoms with Gasteiger partial charge < -0.3 is 14.4 Å². The van der Waals surface area contributed by atoms with Crippen molar-refractivity contribution in [2.75, 3.05) is 13.1 Å². The number of Topliss-reactive ketones (excluding diaryl/α,β-unsaturated/α-hetero) is 3. The third kappa shape index (κ3) is 8.20. The number of amides is 1. The lowest BCUT2D eigenvalue weighted by molar-refractivity contribution is -0.274. The molecule has 46 heavy (non-hydrogen) atoms. The van der Waals surface area contributed by atoms with Crippen LogP contribution >= 0.6 is 0 Å². The predicted octanol–water partition coefficient (Wildman–Crippen LogP) is 6.53. The van der Waals surface area contributed by atoms with Crippen LogP contribution in [0.5, 0.6) is 17.4 Å². The highest BCUT2D eigenvalue weighted by Gasteiger charge is 2.32. The lowest BCUT2D eigenvalue weighted by Crippen LogP contribution is -2.40. The maximum Gasteiger partial charge on any atom is 0.573 e. The Kier molecular flexibility index (Phi) is 9.55. The summed E-state index contributed by atoms with van der Waals surface area (Å²) in [5, 5.41) is 0. The summed E-state index contributed by atoms with van der Waals surface area (Å²) in [5.74, 6) is -0.709. The summed E-state index contributed by atoms with van der Waals surface area (Å²) in [7, 11) is 0. The predicted molar refractivity (Wildman–Crippen MR) is 159 cm³/mol. The molecule has 0 unspecified atom stereocenters. The number of benzene rings is 2. The molecule has 236 valence electrons. The Morgan fingerprint density at radius 3 is 1.98 bits per heavy atom. The van der Waals surface area contributed by atoms with Gasteiger partial charge in [0.25, 0.3) is 5.91 Å². The molecule has 0 N–H and O–H groups in total. The number of alkyl halides is 3. The van der Waals surface area contributed by atoms with Crippen LogP contribution in [0.25, 0.3) is 0 Å². The number of ether oxygens (including phenoxy) is 2. The average molecular weight is 632 g/mol. The van der Waals surface area contributed by atoms with Crippen molar-refractivity contribution < 1.29 is 41.8 Å². The molecule has 12 heteroatoms. The van der Waals surface area contributed by atoms with E-state index in [9.17, 15) is 32.3 Å². The second-order valence-electron chi connectivity index (χ2n) is 10.7. The molecular formula is C34H28F3N3O6. The number of nitrogens with zero attached hydrogens (tertiary/aromatic N) is 3. The highest BCUT2D eigenvalue weighted by molar-refractivity contribution is 5.99. The van der Waals surface area contributed by atoms with E-state index in [1.165, 1.54) is 37.5 Å². The van der Waals surface area contributed by atoms with Crippen molar-refractivity contribution in [2.24, 2.45) is 5.92 Å². The average Bonchev–Trinajstić information content (AvgIpc) is 3.05. The minimum absolute atomic E-state index is 0.0438. The Morgan fingerprint density at radius 1 is 0.783 bits per heavy atom. The second-order valence-corrected chi connectivity index (χ2v) is 10.7. The first kappa shape index (κ1) is 32.0. The number of aromatic nitrogens is 2.